The molecule has 22 heavy (non-hydrogen) atoms. The fourth-order valence-corrected chi connectivity index (χ4v) is 3.43. The van der Waals surface area contributed by atoms with E-state index < -0.39 is 0 Å². The summed E-state index contributed by atoms with van der Waals surface area (Å²) < 4.78 is 0. The van der Waals surface area contributed by atoms with Crippen LogP contribution in [0.5, 0.6) is 0 Å². The van der Waals surface area contributed by atoms with Crippen LogP contribution in [0.3, 0.4) is 0 Å². The molecule has 7 heteroatoms. The summed E-state index contributed by atoms with van der Waals surface area (Å²) in [6, 6.07) is 0.835. The van der Waals surface area contributed by atoms with Gasteiger partial charge in [-0.3, -0.25) is 9.89 Å². The number of hydrogen-bond donors (Lipinski definition) is 3. The van der Waals surface area contributed by atoms with Crippen LogP contribution in [-0.4, -0.2) is 53.7 Å². The lowest BCUT2D eigenvalue weighted by molar-refractivity contribution is 0.0904. The molecule has 0 radical (unpaired) electrons. The highest BCUT2D eigenvalue weighted by Gasteiger charge is 2.27. The number of rotatable bonds is 3. The molecule has 2 atom stereocenters. The van der Waals surface area contributed by atoms with E-state index in [9.17, 15) is 4.79 Å². The van der Waals surface area contributed by atoms with Crippen LogP contribution in [0.15, 0.2) is 0 Å². The number of nitrogens with one attached hydrogen (secondary N) is 3. The molecule has 1 aliphatic carbocycles. The number of H-pyrrole nitrogens is 1. The molecule has 1 aliphatic heterocycles. The van der Waals surface area contributed by atoms with E-state index in [1.807, 2.05) is 0 Å². The lowest BCUT2D eigenvalue weighted by Gasteiger charge is -2.33. The number of halogens is 1. The Morgan fingerprint density at radius 2 is 2.18 bits per heavy atom. The van der Waals surface area contributed by atoms with Crippen molar-refractivity contribution in [1.29, 1.82) is 0 Å². The van der Waals surface area contributed by atoms with Crippen molar-refractivity contribution in [3.63, 3.8) is 0 Å². The van der Waals surface area contributed by atoms with Crippen LogP contribution in [0.1, 0.15) is 47.4 Å². The van der Waals surface area contributed by atoms with Crippen LogP contribution in [0.25, 0.3) is 0 Å². The number of aromatic amines is 1. The van der Waals surface area contributed by atoms with Crippen LogP contribution in [0.2, 0.25) is 0 Å². The summed E-state index contributed by atoms with van der Waals surface area (Å²) in [6.45, 7) is 1.68. The zero-order valence-electron chi connectivity index (χ0n) is 13.3. The van der Waals surface area contributed by atoms with Crippen molar-refractivity contribution in [2.75, 3.05) is 20.6 Å². The van der Waals surface area contributed by atoms with Gasteiger partial charge in [0.2, 0.25) is 0 Å². The fourth-order valence-electron chi connectivity index (χ4n) is 3.43. The average Bonchev–Trinajstić information content (AvgIpc) is 2.91. The molecule has 2 unspecified atom stereocenters. The largest absolute Gasteiger partial charge is 0.348 e. The van der Waals surface area contributed by atoms with Crippen LogP contribution in [-0.2, 0) is 13.0 Å². The highest BCUT2D eigenvalue weighted by molar-refractivity contribution is 5.94. The number of aromatic nitrogens is 2. The van der Waals surface area contributed by atoms with Gasteiger partial charge < -0.3 is 15.5 Å². The maximum absolute atomic E-state index is 12.5. The Hall–Kier alpha value is -1.11. The Morgan fingerprint density at radius 3 is 2.95 bits per heavy atom. The van der Waals surface area contributed by atoms with Crippen LogP contribution in [0, 0.1) is 0 Å². The van der Waals surface area contributed by atoms with E-state index in [0.29, 0.717) is 11.7 Å². The Balaban J connectivity index is 0.00000176. The van der Waals surface area contributed by atoms with Gasteiger partial charge in [-0.25, -0.2) is 0 Å². The Labute approximate surface area is 137 Å². The molecule has 6 nitrogen and oxygen atoms in total. The molecule has 1 amide bonds. The first kappa shape index (κ1) is 17.2. The molecule has 1 aromatic heterocycles. The van der Waals surface area contributed by atoms with Gasteiger partial charge in [-0.05, 0) is 39.8 Å². The van der Waals surface area contributed by atoms with Crippen LogP contribution >= 0.6 is 12.4 Å². The van der Waals surface area contributed by atoms with E-state index in [1.54, 1.807) is 0 Å². The maximum Gasteiger partial charge on any atom is 0.272 e. The number of nitrogens with zero attached hydrogens (tertiary/aromatic N) is 2. The van der Waals surface area contributed by atoms with E-state index in [-0.39, 0.29) is 24.4 Å². The molecule has 2 aliphatic rings. The van der Waals surface area contributed by atoms with Gasteiger partial charge in [-0.15, -0.1) is 12.4 Å². The van der Waals surface area contributed by atoms with Gasteiger partial charge in [0.25, 0.3) is 5.91 Å². The van der Waals surface area contributed by atoms with E-state index in [4.69, 9.17) is 0 Å². The summed E-state index contributed by atoms with van der Waals surface area (Å²) in [4.78, 5) is 14.8. The summed E-state index contributed by atoms with van der Waals surface area (Å²) in [5.41, 5.74) is 2.72. The minimum Gasteiger partial charge on any atom is -0.348 e. The second-order valence-electron chi connectivity index (χ2n) is 6.41. The molecule has 0 bridgehead atoms. The third-order valence-corrected chi connectivity index (χ3v) is 4.73. The summed E-state index contributed by atoms with van der Waals surface area (Å²) in [5.74, 6) is -0.0272. The average molecular weight is 328 g/mol. The second kappa shape index (κ2) is 7.44. The van der Waals surface area contributed by atoms with Crippen molar-refractivity contribution in [3.8, 4) is 0 Å². The first-order valence-corrected chi connectivity index (χ1v) is 7.89. The normalized spacial score (nSPS) is 24.5. The number of amides is 1. The SMILES string of the molecule is CN(C)C1CCCC(NC(=O)c2n[nH]c3c2CNCC3)C1.Cl. The standard InChI is InChI=1S/C15H25N5O.ClH/c1-20(2)11-5-3-4-10(8-11)17-15(21)14-12-9-16-7-6-13(12)18-19-14;/h10-11,16H,3-9H2,1-2H3,(H,17,21)(H,18,19);1H. The molecule has 0 aromatic carbocycles. The fraction of sp³-hybridized carbons (Fsp3) is 0.733. The Bertz CT molecular complexity index is 516. The molecular weight excluding hydrogens is 302 g/mol. The minimum atomic E-state index is -0.0272. The van der Waals surface area contributed by atoms with Crippen molar-refractivity contribution in [1.82, 2.24) is 25.7 Å². The van der Waals surface area contributed by atoms with Gasteiger partial charge in [-0.1, -0.05) is 0 Å². The topological polar surface area (TPSA) is 73.0 Å². The smallest absolute Gasteiger partial charge is 0.272 e. The predicted octanol–water partition coefficient (Wildman–Crippen LogP) is 1.08. The molecule has 124 valence electrons. The van der Waals surface area contributed by atoms with Crippen molar-refractivity contribution in [3.05, 3.63) is 17.0 Å². The molecule has 1 aromatic rings. The molecule has 3 N–H and O–H groups in total. The first-order chi connectivity index (χ1) is 10.1. The second-order valence-corrected chi connectivity index (χ2v) is 6.41. The van der Waals surface area contributed by atoms with Gasteiger partial charge in [0.05, 0.1) is 0 Å². The van der Waals surface area contributed by atoms with Gasteiger partial charge in [-0.2, -0.15) is 5.10 Å². The van der Waals surface area contributed by atoms with E-state index in [0.717, 1.165) is 43.6 Å². The quantitative estimate of drug-likeness (QED) is 0.777. The number of carbonyl (C=O) groups excluding carboxylic acids is 1. The molecule has 3 rings (SSSR count). The highest BCUT2D eigenvalue weighted by Crippen LogP contribution is 2.22. The molecule has 0 saturated heterocycles. The van der Waals surface area contributed by atoms with E-state index in [1.165, 1.54) is 12.8 Å². The zero-order valence-corrected chi connectivity index (χ0v) is 14.1. The first-order valence-electron chi connectivity index (χ1n) is 7.89. The van der Waals surface area contributed by atoms with Gasteiger partial charge >= 0.3 is 0 Å². The van der Waals surface area contributed by atoms with Crippen molar-refractivity contribution in [2.45, 2.75) is 50.7 Å². The van der Waals surface area contributed by atoms with Gasteiger partial charge in [0, 0.05) is 42.9 Å². The summed E-state index contributed by atoms with van der Waals surface area (Å²) in [5, 5.41) is 13.7. The minimum absolute atomic E-state index is 0. The van der Waals surface area contributed by atoms with E-state index >= 15 is 0 Å². The highest BCUT2D eigenvalue weighted by atomic mass is 35.5. The summed E-state index contributed by atoms with van der Waals surface area (Å²) >= 11 is 0. The molecular formula is C15H26ClN5O. The number of hydrogen-bond acceptors (Lipinski definition) is 4. The number of fused-ring (bicyclic) bond motifs is 1. The summed E-state index contributed by atoms with van der Waals surface area (Å²) in [7, 11) is 4.23. The number of carbonyl (C=O) groups is 1. The van der Waals surface area contributed by atoms with Crippen molar-refractivity contribution >= 4 is 18.3 Å². The predicted molar refractivity (Wildman–Crippen MR) is 88.4 cm³/mol. The third-order valence-electron chi connectivity index (χ3n) is 4.73. The monoisotopic (exact) mass is 327 g/mol. The van der Waals surface area contributed by atoms with Crippen molar-refractivity contribution in [2.24, 2.45) is 0 Å². The van der Waals surface area contributed by atoms with Gasteiger partial charge in [0.15, 0.2) is 5.69 Å². The Kier molecular flexibility index (Phi) is 5.83. The van der Waals surface area contributed by atoms with E-state index in [2.05, 4.69) is 39.8 Å². The Morgan fingerprint density at radius 1 is 1.36 bits per heavy atom. The van der Waals surface area contributed by atoms with Crippen molar-refractivity contribution < 1.29 is 4.79 Å². The molecule has 1 fully saturated rings. The molecule has 1 saturated carbocycles. The lowest BCUT2D eigenvalue weighted by atomic mass is 9.90. The zero-order chi connectivity index (χ0) is 14.8. The molecule has 2 heterocycles. The van der Waals surface area contributed by atoms with Crippen LogP contribution in [0.4, 0.5) is 0 Å². The van der Waals surface area contributed by atoms with Gasteiger partial charge in [0.1, 0.15) is 0 Å². The van der Waals surface area contributed by atoms with Crippen LogP contribution < -0.4 is 10.6 Å². The summed E-state index contributed by atoms with van der Waals surface area (Å²) in [6.07, 6.45) is 5.42. The lowest BCUT2D eigenvalue weighted by Crippen LogP contribution is -2.44. The third kappa shape index (κ3) is 3.62. The molecule has 0 spiro atoms. The maximum atomic E-state index is 12.5.